The Balaban J connectivity index is 2.70. The van der Waals surface area contributed by atoms with Crippen molar-refractivity contribution < 1.29 is 14.3 Å². The van der Waals surface area contributed by atoms with Crippen LogP contribution in [0.5, 0.6) is 5.75 Å². The molecule has 1 unspecified atom stereocenters. The van der Waals surface area contributed by atoms with Crippen LogP contribution in [-0.4, -0.2) is 25.2 Å². The molecule has 94 valence electrons. The molecule has 0 aliphatic heterocycles. The van der Waals surface area contributed by atoms with Crippen molar-refractivity contribution in [3.8, 4) is 5.75 Å². The van der Waals surface area contributed by atoms with E-state index < -0.39 is 11.5 Å². The zero-order valence-corrected chi connectivity index (χ0v) is 10.7. The lowest BCUT2D eigenvalue weighted by Gasteiger charge is -2.22. The lowest BCUT2D eigenvalue weighted by Crippen LogP contribution is -2.50. The smallest absolute Gasteiger partial charge is 0.329 e. The molecule has 0 saturated heterocycles. The Morgan fingerprint density at radius 2 is 2.06 bits per heavy atom. The Morgan fingerprint density at radius 1 is 1.41 bits per heavy atom. The van der Waals surface area contributed by atoms with E-state index in [0.717, 1.165) is 11.3 Å². The van der Waals surface area contributed by atoms with Crippen LogP contribution >= 0.6 is 0 Å². The summed E-state index contributed by atoms with van der Waals surface area (Å²) >= 11 is 0. The molecule has 0 amide bonds. The third kappa shape index (κ3) is 3.46. The molecular formula is C13H19NO3. The summed E-state index contributed by atoms with van der Waals surface area (Å²) in [6.07, 6.45) is 0. The first kappa shape index (κ1) is 13.5. The van der Waals surface area contributed by atoms with Gasteiger partial charge in [0.1, 0.15) is 17.9 Å². The van der Waals surface area contributed by atoms with Crippen molar-refractivity contribution in [2.45, 2.75) is 26.3 Å². The Bertz CT molecular complexity index is 413. The second-order valence-corrected chi connectivity index (χ2v) is 4.47. The third-order valence-electron chi connectivity index (χ3n) is 2.51. The van der Waals surface area contributed by atoms with Crippen molar-refractivity contribution in [3.05, 3.63) is 29.3 Å². The molecule has 0 fully saturated rings. The summed E-state index contributed by atoms with van der Waals surface area (Å²) < 4.78 is 10.2. The fourth-order valence-electron chi connectivity index (χ4n) is 1.48. The predicted molar refractivity (Wildman–Crippen MR) is 66.0 cm³/mol. The minimum atomic E-state index is -1.13. The molecule has 0 aromatic heterocycles. The monoisotopic (exact) mass is 237 g/mol. The minimum absolute atomic E-state index is 0.0869. The van der Waals surface area contributed by atoms with Gasteiger partial charge in [0.2, 0.25) is 0 Å². The van der Waals surface area contributed by atoms with Crippen LogP contribution in [0.25, 0.3) is 0 Å². The molecule has 0 aliphatic carbocycles. The second kappa shape index (κ2) is 5.19. The van der Waals surface area contributed by atoms with E-state index in [1.54, 1.807) is 6.92 Å². The summed E-state index contributed by atoms with van der Waals surface area (Å²) in [6.45, 7) is 5.64. The maximum Gasteiger partial charge on any atom is 0.329 e. The number of aryl methyl sites for hydroxylation is 2. The molecule has 4 nitrogen and oxygen atoms in total. The lowest BCUT2D eigenvalue weighted by molar-refractivity contribution is -0.147. The van der Waals surface area contributed by atoms with Gasteiger partial charge in [0.05, 0.1) is 7.11 Å². The van der Waals surface area contributed by atoms with Crippen LogP contribution in [0.15, 0.2) is 18.2 Å². The lowest BCUT2D eigenvalue weighted by atomic mass is 10.1. The van der Waals surface area contributed by atoms with Gasteiger partial charge >= 0.3 is 5.97 Å². The summed E-state index contributed by atoms with van der Waals surface area (Å²) in [5.41, 5.74) is 6.85. The molecule has 0 spiro atoms. The number of methoxy groups -OCH3 is 1. The molecule has 0 bridgehead atoms. The fraction of sp³-hybridized carbons (Fsp3) is 0.462. The SMILES string of the molecule is COC(=O)C(C)(N)COc1ccc(C)cc1C. The van der Waals surface area contributed by atoms with Crippen molar-refractivity contribution in [2.24, 2.45) is 5.73 Å². The van der Waals surface area contributed by atoms with E-state index in [1.165, 1.54) is 12.7 Å². The van der Waals surface area contributed by atoms with Gasteiger partial charge in [-0.2, -0.15) is 0 Å². The standard InChI is InChI=1S/C13H19NO3/c1-9-5-6-11(10(2)7-9)17-8-13(3,14)12(15)16-4/h5-7H,8,14H2,1-4H3. The first-order chi connectivity index (χ1) is 7.86. The van der Waals surface area contributed by atoms with Crippen molar-refractivity contribution in [1.82, 2.24) is 0 Å². The molecule has 0 heterocycles. The highest BCUT2D eigenvalue weighted by atomic mass is 16.5. The van der Waals surface area contributed by atoms with Crippen molar-refractivity contribution in [3.63, 3.8) is 0 Å². The van der Waals surface area contributed by atoms with Crippen molar-refractivity contribution in [1.29, 1.82) is 0 Å². The zero-order valence-electron chi connectivity index (χ0n) is 10.7. The van der Waals surface area contributed by atoms with Crippen LogP contribution in [-0.2, 0) is 9.53 Å². The highest BCUT2D eigenvalue weighted by Gasteiger charge is 2.30. The molecule has 1 rings (SSSR count). The van der Waals surface area contributed by atoms with Gasteiger partial charge in [-0.05, 0) is 32.4 Å². The Kier molecular flexibility index (Phi) is 4.12. The summed E-state index contributed by atoms with van der Waals surface area (Å²) in [5.74, 6) is 0.249. The summed E-state index contributed by atoms with van der Waals surface area (Å²) in [7, 11) is 1.31. The van der Waals surface area contributed by atoms with Crippen LogP contribution in [0, 0.1) is 13.8 Å². The van der Waals surface area contributed by atoms with Gasteiger partial charge in [0, 0.05) is 0 Å². The molecule has 4 heteroatoms. The fourth-order valence-corrected chi connectivity index (χ4v) is 1.48. The van der Waals surface area contributed by atoms with E-state index in [2.05, 4.69) is 4.74 Å². The Hall–Kier alpha value is -1.55. The van der Waals surface area contributed by atoms with Gasteiger partial charge in [-0.25, -0.2) is 4.79 Å². The molecule has 0 aliphatic rings. The topological polar surface area (TPSA) is 61.5 Å². The Labute approximate surface area is 102 Å². The Morgan fingerprint density at radius 3 is 2.59 bits per heavy atom. The average molecular weight is 237 g/mol. The number of benzene rings is 1. The van der Waals surface area contributed by atoms with Crippen molar-refractivity contribution >= 4 is 5.97 Å². The molecule has 1 atom stereocenters. The van der Waals surface area contributed by atoms with Gasteiger partial charge in [-0.1, -0.05) is 17.7 Å². The van der Waals surface area contributed by atoms with Gasteiger partial charge in [0.15, 0.2) is 0 Å². The van der Waals surface area contributed by atoms with E-state index in [0.29, 0.717) is 0 Å². The van der Waals surface area contributed by atoms with Crippen LogP contribution < -0.4 is 10.5 Å². The number of nitrogens with two attached hydrogens (primary N) is 1. The van der Waals surface area contributed by atoms with E-state index in [1.807, 2.05) is 32.0 Å². The van der Waals surface area contributed by atoms with Crippen LogP contribution in [0.3, 0.4) is 0 Å². The number of hydrogen-bond acceptors (Lipinski definition) is 4. The molecule has 1 aromatic rings. The summed E-state index contributed by atoms with van der Waals surface area (Å²) in [6, 6.07) is 5.84. The molecular weight excluding hydrogens is 218 g/mol. The second-order valence-electron chi connectivity index (χ2n) is 4.47. The number of carbonyl (C=O) groups is 1. The molecule has 1 aromatic carbocycles. The molecule has 0 saturated carbocycles. The normalized spacial score (nSPS) is 13.9. The quantitative estimate of drug-likeness (QED) is 0.807. The number of hydrogen-bond donors (Lipinski definition) is 1. The van der Waals surface area contributed by atoms with Crippen LogP contribution in [0.2, 0.25) is 0 Å². The van der Waals surface area contributed by atoms with Crippen LogP contribution in [0.1, 0.15) is 18.1 Å². The van der Waals surface area contributed by atoms with Gasteiger partial charge in [-0.3, -0.25) is 0 Å². The van der Waals surface area contributed by atoms with E-state index >= 15 is 0 Å². The van der Waals surface area contributed by atoms with Crippen LogP contribution in [0.4, 0.5) is 0 Å². The first-order valence-electron chi connectivity index (χ1n) is 5.44. The largest absolute Gasteiger partial charge is 0.491 e. The van der Waals surface area contributed by atoms with E-state index in [-0.39, 0.29) is 6.61 Å². The van der Waals surface area contributed by atoms with Gasteiger partial charge in [-0.15, -0.1) is 0 Å². The highest BCUT2D eigenvalue weighted by Crippen LogP contribution is 2.19. The predicted octanol–water partition coefficient (Wildman–Crippen LogP) is 1.57. The number of carbonyl (C=O) groups excluding carboxylic acids is 1. The summed E-state index contributed by atoms with van der Waals surface area (Å²) in [4.78, 5) is 11.4. The van der Waals surface area contributed by atoms with Crippen molar-refractivity contribution in [2.75, 3.05) is 13.7 Å². The summed E-state index contributed by atoms with van der Waals surface area (Å²) in [5, 5.41) is 0. The first-order valence-corrected chi connectivity index (χ1v) is 5.44. The zero-order chi connectivity index (χ0) is 13.1. The average Bonchev–Trinajstić information content (AvgIpc) is 2.26. The third-order valence-corrected chi connectivity index (χ3v) is 2.51. The van der Waals surface area contributed by atoms with E-state index in [4.69, 9.17) is 10.5 Å². The van der Waals surface area contributed by atoms with Gasteiger partial charge in [0.25, 0.3) is 0 Å². The number of rotatable bonds is 4. The molecule has 2 N–H and O–H groups in total. The number of esters is 1. The molecule has 0 radical (unpaired) electrons. The minimum Gasteiger partial charge on any atom is -0.491 e. The van der Waals surface area contributed by atoms with E-state index in [9.17, 15) is 4.79 Å². The maximum atomic E-state index is 11.4. The maximum absolute atomic E-state index is 11.4. The number of ether oxygens (including phenoxy) is 2. The highest BCUT2D eigenvalue weighted by molar-refractivity contribution is 5.80. The molecule has 17 heavy (non-hydrogen) atoms. The van der Waals surface area contributed by atoms with Gasteiger partial charge < -0.3 is 15.2 Å².